The normalized spacial score (nSPS) is 13.7. The van der Waals surface area contributed by atoms with E-state index in [0.717, 1.165) is 86.3 Å². The predicted molar refractivity (Wildman–Crippen MR) is 204 cm³/mol. The number of hydrogen-bond acceptors (Lipinski definition) is 3. The third-order valence-electron chi connectivity index (χ3n) is 11.6. The van der Waals surface area contributed by atoms with Crippen LogP contribution in [0.5, 0.6) is 0 Å². The van der Waals surface area contributed by atoms with Gasteiger partial charge in [0.05, 0.1) is 0 Å². The molecule has 1 aromatic heterocycles. The maximum absolute atomic E-state index is 14.1. The Balaban J connectivity index is 0.000000279. The zero-order chi connectivity index (χ0) is 36.8. The van der Waals surface area contributed by atoms with Gasteiger partial charge in [-0.15, -0.1) is 34.9 Å². The number of carbonyl (C=O) groups excluding carboxylic acids is 1. The number of hydrogen-bond donors (Lipinski definition) is 1. The predicted octanol–water partition coefficient (Wildman–Crippen LogP) is 12.7. The molecule has 0 saturated heterocycles. The van der Waals surface area contributed by atoms with Crippen LogP contribution in [-0.2, 0) is 30.3 Å². The molecule has 0 atom stereocenters. The molecule has 5 aromatic rings. The molecule has 6 heteroatoms. The first-order valence-electron chi connectivity index (χ1n) is 17.9. The van der Waals surface area contributed by atoms with E-state index < -0.39 is 17.0 Å². The van der Waals surface area contributed by atoms with Gasteiger partial charge in [-0.25, -0.2) is 8.78 Å². The molecule has 0 aliphatic heterocycles. The number of nitrogens with zero attached hydrogens (tertiary/aromatic N) is 1. The molecule has 0 fully saturated rings. The summed E-state index contributed by atoms with van der Waals surface area (Å²) in [5, 5.41) is 14.5. The number of ketones is 1. The molecule has 0 bridgehead atoms. The van der Waals surface area contributed by atoms with Gasteiger partial charge < -0.3 is 10.1 Å². The summed E-state index contributed by atoms with van der Waals surface area (Å²) in [5.41, 5.74) is 6.79. The Hall–Kier alpha value is -3.73. The van der Waals surface area contributed by atoms with Gasteiger partial charge in [0.15, 0.2) is 17.4 Å². The molecule has 1 aliphatic rings. The van der Waals surface area contributed by atoms with Gasteiger partial charge in [0, 0.05) is 48.6 Å². The Labute approximate surface area is 316 Å². The van der Waals surface area contributed by atoms with Crippen molar-refractivity contribution in [2.45, 2.75) is 100 Å². The van der Waals surface area contributed by atoms with E-state index in [-0.39, 0.29) is 42.5 Å². The molecule has 3 nitrogen and oxygen atoms in total. The van der Waals surface area contributed by atoms with Crippen LogP contribution < -0.4 is 0 Å². The number of aliphatic hydroxyl groups is 1. The van der Waals surface area contributed by atoms with Crippen LogP contribution in [0.3, 0.4) is 0 Å². The Morgan fingerprint density at radius 3 is 1.98 bits per heavy atom. The number of aryl methyl sites for hydroxylation is 2. The monoisotopic (exact) mass is 867 g/mol. The zero-order valence-corrected chi connectivity index (χ0v) is 34.0. The molecule has 0 unspecified atom stereocenters. The molecule has 0 saturated carbocycles. The van der Waals surface area contributed by atoms with Crippen molar-refractivity contribution in [3.05, 3.63) is 113 Å². The first-order valence-corrected chi connectivity index (χ1v) is 17.9. The van der Waals surface area contributed by atoms with Gasteiger partial charge in [-0.05, 0) is 93.4 Å². The average molecular weight is 867 g/mol. The third-order valence-corrected chi connectivity index (χ3v) is 11.6. The number of benzene rings is 4. The summed E-state index contributed by atoms with van der Waals surface area (Å²) in [6.07, 6.45) is 6.60. The fourth-order valence-corrected chi connectivity index (χ4v) is 7.31. The number of pyridine rings is 1. The Bertz CT molecular complexity index is 2120. The maximum Gasteiger partial charge on any atom is 0.164 e. The van der Waals surface area contributed by atoms with Crippen LogP contribution in [0.2, 0.25) is 0 Å². The van der Waals surface area contributed by atoms with Gasteiger partial charge >= 0.3 is 0 Å². The van der Waals surface area contributed by atoms with Crippen LogP contribution in [0.15, 0.2) is 72.6 Å². The number of fused-ring (bicyclic) bond motifs is 7. The first kappa shape index (κ1) is 40.0. The second-order valence-corrected chi connectivity index (χ2v) is 15.0. The largest absolute Gasteiger partial charge is 0.512 e. The van der Waals surface area contributed by atoms with E-state index in [1.165, 1.54) is 23.8 Å². The number of allylic oxidation sites excluding steroid dienone is 2. The number of rotatable bonds is 8. The average Bonchev–Trinajstić information content (AvgIpc) is 3.32. The molecular weight excluding hydrogens is 817 g/mol. The van der Waals surface area contributed by atoms with Crippen LogP contribution in [0.25, 0.3) is 43.9 Å². The maximum atomic E-state index is 14.1. The second-order valence-electron chi connectivity index (χ2n) is 15.0. The van der Waals surface area contributed by atoms with E-state index >= 15 is 0 Å². The van der Waals surface area contributed by atoms with Crippen LogP contribution in [-0.4, -0.2) is 15.9 Å². The van der Waals surface area contributed by atoms with Gasteiger partial charge in [0.1, 0.15) is 5.76 Å². The fraction of sp³-hybridized carbons (Fsp3) is 0.378. The first-order chi connectivity index (χ1) is 23.5. The molecule has 0 amide bonds. The van der Waals surface area contributed by atoms with Crippen LogP contribution >= 0.6 is 0 Å². The molecule has 1 aliphatic carbocycles. The zero-order valence-electron chi connectivity index (χ0n) is 31.6. The summed E-state index contributed by atoms with van der Waals surface area (Å²) in [6, 6.07) is 20.8. The Kier molecular flexibility index (Phi) is 11.8. The van der Waals surface area contributed by atoms with Gasteiger partial charge in [-0.1, -0.05) is 93.5 Å². The summed E-state index contributed by atoms with van der Waals surface area (Å²) >= 11 is 0. The van der Waals surface area contributed by atoms with Crippen molar-refractivity contribution in [3.63, 3.8) is 0 Å². The standard InChI is InChI=1S/C30H22F2N.C15H28O2.Ir/c1-16-11-17(2)13-18(12-16)29-23-8-7-21-19(20(23)9-10-33-29)5-6-22-24-14-26(31)27(32)15-25(24)30(3,4)28(21)22;1-7-14(5,8-2)12(16)11-13(17)15(6,9-3)10-4;/h5-12,14-15H,1-4H3;11,16H,7-10H2,1-6H3;/q-1;;/b;12-11-;. The summed E-state index contributed by atoms with van der Waals surface area (Å²) in [5.74, 6) is -1.32. The number of aromatic nitrogens is 1. The van der Waals surface area contributed by atoms with Crippen molar-refractivity contribution in [2.75, 3.05) is 0 Å². The fourth-order valence-electron chi connectivity index (χ4n) is 7.31. The summed E-state index contributed by atoms with van der Waals surface area (Å²) < 4.78 is 28.3. The van der Waals surface area contributed by atoms with E-state index in [9.17, 15) is 18.7 Å². The van der Waals surface area contributed by atoms with E-state index in [0.29, 0.717) is 0 Å². The van der Waals surface area contributed by atoms with Crippen LogP contribution in [0.4, 0.5) is 8.78 Å². The number of carbonyl (C=O) groups is 1. The molecule has 1 radical (unpaired) electrons. The molecule has 1 N–H and O–H groups in total. The van der Waals surface area contributed by atoms with Crippen molar-refractivity contribution < 1.29 is 38.8 Å². The minimum absolute atomic E-state index is 0. The van der Waals surface area contributed by atoms with Gasteiger partial charge in [0.2, 0.25) is 0 Å². The molecule has 6 rings (SSSR count). The summed E-state index contributed by atoms with van der Waals surface area (Å²) in [6.45, 7) is 20.4. The van der Waals surface area contributed by atoms with E-state index in [2.05, 4.69) is 57.2 Å². The Morgan fingerprint density at radius 1 is 0.804 bits per heavy atom. The Morgan fingerprint density at radius 2 is 1.37 bits per heavy atom. The van der Waals surface area contributed by atoms with Crippen molar-refractivity contribution in [1.82, 2.24) is 4.98 Å². The van der Waals surface area contributed by atoms with Gasteiger partial charge in [-0.3, -0.25) is 4.79 Å². The molecule has 51 heavy (non-hydrogen) atoms. The minimum atomic E-state index is -0.809. The third kappa shape index (κ3) is 7.19. The van der Waals surface area contributed by atoms with Crippen molar-refractivity contribution in [2.24, 2.45) is 10.8 Å². The van der Waals surface area contributed by atoms with E-state index in [1.807, 2.05) is 66.8 Å². The van der Waals surface area contributed by atoms with Crippen molar-refractivity contribution in [1.29, 1.82) is 0 Å². The van der Waals surface area contributed by atoms with Crippen molar-refractivity contribution in [3.8, 4) is 22.4 Å². The smallest absolute Gasteiger partial charge is 0.164 e. The summed E-state index contributed by atoms with van der Waals surface area (Å²) in [4.78, 5) is 16.9. The molecule has 4 aromatic carbocycles. The summed E-state index contributed by atoms with van der Waals surface area (Å²) in [7, 11) is 0. The van der Waals surface area contributed by atoms with E-state index in [4.69, 9.17) is 4.98 Å². The van der Waals surface area contributed by atoms with Gasteiger partial charge in [-0.2, -0.15) is 0 Å². The molecule has 1 heterocycles. The quantitative estimate of drug-likeness (QED) is 0.0732. The second kappa shape index (κ2) is 15.1. The SMILES string of the molecule is CCC(C)(CC)C(=O)/C=C(\O)C(C)(CC)CC.Cc1[c-]c(-c2nccc3c2ccc2c4c(ccc23)-c2cc(F)c(F)cc2C4(C)C)cc(C)c1.[Ir]. The van der Waals surface area contributed by atoms with E-state index in [1.54, 1.807) is 0 Å². The molecular formula is C45H50F2IrNO2-. The van der Waals surface area contributed by atoms with Crippen molar-refractivity contribution >= 4 is 27.3 Å². The molecule has 271 valence electrons. The topological polar surface area (TPSA) is 50.2 Å². The van der Waals surface area contributed by atoms with Crippen LogP contribution in [0.1, 0.15) is 103 Å². The van der Waals surface area contributed by atoms with Crippen LogP contribution in [0, 0.1) is 42.4 Å². The van der Waals surface area contributed by atoms with Gasteiger partial charge in [0.25, 0.3) is 0 Å². The minimum Gasteiger partial charge on any atom is -0.512 e. The number of halogens is 2. The molecule has 0 spiro atoms. The number of aliphatic hydroxyl groups excluding tert-OH is 1.